The van der Waals surface area contributed by atoms with Crippen molar-refractivity contribution in [2.75, 3.05) is 29.9 Å². The summed E-state index contributed by atoms with van der Waals surface area (Å²) in [6.07, 6.45) is 4.28. The third kappa shape index (κ3) is 3.41. The molecule has 0 spiro atoms. The summed E-state index contributed by atoms with van der Waals surface area (Å²) in [6.45, 7) is 2.27. The lowest BCUT2D eigenvalue weighted by atomic mass is 10.1. The van der Waals surface area contributed by atoms with Crippen LogP contribution in [0.15, 0.2) is 42.5 Å². The topological polar surface area (TPSA) is 26.8 Å². The highest BCUT2D eigenvalue weighted by atomic mass is 35.5. The Labute approximate surface area is 182 Å². The van der Waals surface area contributed by atoms with Gasteiger partial charge in [0.05, 0.1) is 11.4 Å². The quantitative estimate of drug-likeness (QED) is 0.670. The second-order valence-corrected chi connectivity index (χ2v) is 9.34. The summed E-state index contributed by atoms with van der Waals surface area (Å²) in [5.74, 6) is 0.209. The summed E-state index contributed by atoms with van der Waals surface area (Å²) < 4.78 is 0. The number of carbonyl (C=O) groups is 1. The highest BCUT2D eigenvalue weighted by molar-refractivity contribution is 6.33. The summed E-state index contributed by atoms with van der Waals surface area (Å²) >= 11 is 12.5. The molecular formula is C23H25Cl2N3O. The summed E-state index contributed by atoms with van der Waals surface area (Å²) in [6, 6.07) is 14.5. The number of halogens is 2. The first kappa shape index (κ1) is 19.2. The molecular weight excluding hydrogens is 405 g/mol. The van der Waals surface area contributed by atoms with E-state index in [0.717, 1.165) is 37.2 Å². The van der Waals surface area contributed by atoms with Gasteiger partial charge in [-0.3, -0.25) is 9.69 Å². The van der Waals surface area contributed by atoms with Gasteiger partial charge in [0.25, 0.3) is 0 Å². The number of rotatable bonds is 5. The second-order valence-electron chi connectivity index (χ2n) is 8.49. The number of hydrogen-bond acceptors (Lipinski definition) is 3. The Morgan fingerprint density at radius 2 is 1.83 bits per heavy atom. The predicted molar refractivity (Wildman–Crippen MR) is 119 cm³/mol. The first-order chi connectivity index (χ1) is 14.0. The van der Waals surface area contributed by atoms with Gasteiger partial charge in [0.2, 0.25) is 5.91 Å². The van der Waals surface area contributed by atoms with E-state index in [9.17, 15) is 4.79 Å². The lowest BCUT2D eigenvalue weighted by molar-refractivity contribution is -0.125. The van der Waals surface area contributed by atoms with Crippen molar-refractivity contribution < 1.29 is 4.79 Å². The Morgan fingerprint density at radius 3 is 2.52 bits per heavy atom. The molecule has 152 valence electrons. The summed E-state index contributed by atoms with van der Waals surface area (Å²) in [4.78, 5) is 20.4. The minimum absolute atomic E-state index is 0.209. The fourth-order valence-corrected chi connectivity index (χ4v) is 4.93. The number of fused-ring (bicyclic) bond motifs is 1. The molecule has 2 aromatic rings. The smallest absolute Gasteiger partial charge is 0.247 e. The standard InChI is InChI=1S/C23H25Cl2N3O/c1-26(15-16-14-17(24)6-9-19(16)25)23(10-11-23)22(29)28-13-12-27(18-7-8-18)20-4-2-3-5-21(20)28/h2-6,9,14,18H,7-8,10-13,15H2,1H3. The first-order valence-corrected chi connectivity index (χ1v) is 11.1. The molecule has 0 aromatic heterocycles. The van der Waals surface area contributed by atoms with Gasteiger partial charge in [0.15, 0.2) is 0 Å². The molecule has 2 aromatic carbocycles. The van der Waals surface area contributed by atoms with E-state index in [1.807, 2.05) is 30.1 Å². The van der Waals surface area contributed by atoms with Crippen molar-refractivity contribution in [3.63, 3.8) is 0 Å². The van der Waals surface area contributed by atoms with Gasteiger partial charge in [-0.15, -0.1) is 0 Å². The molecule has 2 aliphatic carbocycles. The number of benzene rings is 2. The average Bonchev–Trinajstić information content (AvgIpc) is 3.63. The van der Waals surface area contributed by atoms with E-state index in [0.29, 0.717) is 22.6 Å². The van der Waals surface area contributed by atoms with Crippen LogP contribution >= 0.6 is 23.2 Å². The minimum Gasteiger partial charge on any atom is -0.365 e. The average molecular weight is 430 g/mol. The summed E-state index contributed by atoms with van der Waals surface area (Å²) in [5, 5.41) is 1.35. The number of nitrogens with zero attached hydrogens (tertiary/aromatic N) is 3. The van der Waals surface area contributed by atoms with E-state index in [-0.39, 0.29) is 5.91 Å². The van der Waals surface area contributed by atoms with Gasteiger partial charge in [-0.1, -0.05) is 35.3 Å². The zero-order valence-corrected chi connectivity index (χ0v) is 18.1. The number of amides is 1. The molecule has 0 unspecified atom stereocenters. The third-order valence-corrected chi connectivity index (χ3v) is 7.15. The molecule has 4 nitrogen and oxygen atoms in total. The largest absolute Gasteiger partial charge is 0.365 e. The Balaban J connectivity index is 1.39. The molecule has 1 amide bonds. The number of carbonyl (C=O) groups excluding carboxylic acids is 1. The first-order valence-electron chi connectivity index (χ1n) is 10.3. The van der Waals surface area contributed by atoms with Crippen LogP contribution in [-0.4, -0.2) is 42.5 Å². The molecule has 2 saturated carbocycles. The van der Waals surface area contributed by atoms with Crippen LogP contribution in [0.5, 0.6) is 0 Å². The van der Waals surface area contributed by atoms with Crippen molar-refractivity contribution in [2.24, 2.45) is 0 Å². The van der Waals surface area contributed by atoms with Crippen molar-refractivity contribution in [1.29, 1.82) is 0 Å². The predicted octanol–water partition coefficient (Wildman–Crippen LogP) is 4.97. The monoisotopic (exact) mass is 429 g/mol. The van der Waals surface area contributed by atoms with Crippen molar-refractivity contribution in [3.05, 3.63) is 58.1 Å². The van der Waals surface area contributed by atoms with Gasteiger partial charge in [-0.2, -0.15) is 0 Å². The molecule has 1 heterocycles. The Morgan fingerprint density at radius 1 is 1.10 bits per heavy atom. The normalized spacial score (nSPS) is 20.0. The van der Waals surface area contributed by atoms with E-state index >= 15 is 0 Å². The van der Waals surface area contributed by atoms with E-state index in [4.69, 9.17) is 23.2 Å². The van der Waals surface area contributed by atoms with Crippen molar-refractivity contribution >= 4 is 40.5 Å². The molecule has 0 bridgehead atoms. The zero-order chi connectivity index (χ0) is 20.2. The van der Waals surface area contributed by atoms with Gasteiger partial charge < -0.3 is 9.80 Å². The molecule has 29 heavy (non-hydrogen) atoms. The minimum atomic E-state index is -0.444. The van der Waals surface area contributed by atoms with Crippen LogP contribution in [-0.2, 0) is 11.3 Å². The maximum Gasteiger partial charge on any atom is 0.247 e. The van der Waals surface area contributed by atoms with E-state index in [2.05, 4.69) is 28.0 Å². The molecule has 1 aliphatic heterocycles. The maximum absolute atomic E-state index is 13.7. The van der Waals surface area contributed by atoms with Crippen LogP contribution in [0.3, 0.4) is 0 Å². The van der Waals surface area contributed by atoms with Crippen molar-refractivity contribution in [3.8, 4) is 0 Å². The Hall–Kier alpha value is -1.75. The van der Waals surface area contributed by atoms with Gasteiger partial charge in [-0.05, 0) is 68.6 Å². The van der Waals surface area contributed by atoms with Gasteiger partial charge in [0, 0.05) is 35.7 Å². The SMILES string of the molecule is CN(Cc1cc(Cl)ccc1Cl)C1(C(=O)N2CCN(C3CC3)c3ccccc32)CC1. The van der Waals surface area contributed by atoms with E-state index in [1.165, 1.54) is 18.5 Å². The van der Waals surface area contributed by atoms with Crippen LogP contribution in [0.4, 0.5) is 11.4 Å². The van der Waals surface area contributed by atoms with Crippen LogP contribution < -0.4 is 9.80 Å². The molecule has 0 saturated heterocycles. The highest BCUT2D eigenvalue weighted by Gasteiger charge is 2.55. The van der Waals surface area contributed by atoms with Crippen LogP contribution in [0, 0.1) is 0 Å². The molecule has 3 aliphatic rings. The van der Waals surface area contributed by atoms with Gasteiger partial charge >= 0.3 is 0 Å². The lowest BCUT2D eigenvalue weighted by Crippen LogP contribution is -2.53. The molecule has 0 radical (unpaired) electrons. The van der Waals surface area contributed by atoms with Crippen molar-refractivity contribution in [2.45, 2.75) is 43.8 Å². The number of likely N-dealkylation sites (N-methyl/N-ethyl adjacent to an activating group) is 1. The lowest BCUT2D eigenvalue weighted by Gasteiger charge is -2.40. The molecule has 6 heteroatoms. The van der Waals surface area contributed by atoms with Gasteiger partial charge in [-0.25, -0.2) is 0 Å². The third-order valence-electron chi connectivity index (χ3n) is 6.55. The Bertz CT molecular complexity index is 955. The number of anilines is 2. The Kier molecular flexibility index (Phi) is 4.77. The fourth-order valence-electron chi connectivity index (χ4n) is 4.56. The summed E-state index contributed by atoms with van der Waals surface area (Å²) in [5.41, 5.74) is 2.77. The number of hydrogen-bond donors (Lipinski definition) is 0. The second kappa shape index (κ2) is 7.19. The molecule has 2 fully saturated rings. The molecule has 0 atom stereocenters. The van der Waals surface area contributed by atoms with Crippen molar-refractivity contribution in [1.82, 2.24) is 4.90 Å². The van der Waals surface area contributed by atoms with Crippen LogP contribution in [0.25, 0.3) is 0 Å². The van der Waals surface area contributed by atoms with E-state index < -0.39 is 5.54 Å². The van der Waals surface area contributed by atoms with Crippen LogP contribution in [0.2, 0.25) is 10.0 Å². The highest BCUT2D eigenvalue weighted by Crippen LogP contribution is 2.47. The maximum atomic E-state index is 13.7. The summed E-state index contributed by atoms with van der Waals surface area (Å²) in [7, 11) is 2.02. The number of para-hydroxylation sites is 2. The molecule has 5 rings (SSSR count). The zero-order valence-electron chi connectivity index (χ0n) is 16.6. The van der Waals surface area contributed by atoms with Crippen LogP contribution in [0.1, 0.15) is 31.2 Å². The van der Waals surface area contributed by atoms with Gasteiger partial charge in [0.1, 0.15) is 5.54 Å². The van der Waals surface area contributed by atoms with E-state index in [1.54, 1.807) is 6.07 Å². The fraction of sp³-hybridized carbons (Fsp3) is 0.435. The molecule has 0 N–H and O–H groups in total.